The Balaban J connectivity index is 1.74. The van der Waals surface area contributed by atoms with Crippen LogP contribution < -0.4 is 9.62 Å². The van der Waals surface area contributed by atoms with Crippen LogP contribution in [0.4, 0.5) is 10.1 Å². The number of sulfonamides is 1. The molecule has 218 valence electrons. The summed E-state index contributed by atoms with van der Waals surface area (Å²) >= 11 is 0. The Morgan fingerprint density at radius 3 is 2.24 bits per heavy atom. The van der Waals surface area contributed by atoms with Gasteiger partial charge in [-0.1, -0.05) is 67.4 Å². The molecule has 0 aromatic heterocycles. The van der Waals surface area contributed by atoms with Crippen LogP contribution in [-0.2, 0) is 32.6 Å². The predicted molar refractivity (Wildman–Crippen MR) is 159 cm³/mol. The molecule has 1 fully saturated rings. The average molecular weight is 580 g/mol. The van der Waals surface area contributed by atoms with Gasteiger partial charge in [0.15, 0.2) is 0 Å². The van der Waals surface area contributed by atoms with Gasteiger partial charge in [0.25, 0.3) is 0 Å². The average Bonchev–Trinajstić information content (AvgIpc) is 3.44. The molecule has 0 aliphatic heterocycles. The van der Waals surface area contributed by atoms with E-state index in [1.807, 2.05) is 44.2 Å². The number of amides is 2. The number of halogens is 1. The van der Waals surface area contributed by atoms with E-state index < -0.39 is 34.3 Å². The number of carbonyl (C=O) groups excluding carboxylic acids is 2. The van der Waals surface area contributed by atoms with E-state index in [0.717, 1.165) is 52.9 Å². The van der Waals surface area contributed by atoms with Crippen LogP contribution in [-0.4, -0.2) is 50.0 Å². The Hall–Kier alpha value is -3.72. The Morgan fingerprint density at radius 1 is 0.951 bits per heavy atom. The summed E-state index contributed by atoms with van der Waals surface area (Å²) in [4.78, 5) is 29.3. The molecule has 0 spiro atoms. The normalized spacial score (nSPS) is 14.4. The Bertz CT molecular complexity index is 1470. The molecule has 3 aromatic carbocycles. The second kappa shape index (κ2) is 13.3. The van der Waals surface area contributed by atoms with Crippen molar-refractivity contribution in [3.05, 3.63) is 101 Å². The molecule has 1 aliphatic carbocycles. The van der Waals surface area contributed by atoms with E-state index in [4.69, 9.17) is 0 Å². The zero-order valence-corrected chi connectivity index (χ0v) is 24.7. The van der Waals surface area contributed by atoms with Crippen molar-refractivity contribution in [1.29, 1.82) is 0 Å². The number of carbonyl (C=O) groups is 2. The smallest absolute Gasteiger partial charge is 0.244 e. The first-order chi connectivity index (χ1) is 19.5. The Kier molecular flexibility index (Phi) is 9.81. The van der Waals surface area contributed by atoms with Crippen LogP contribution in [0.3, 0.4) is 0 Å². The van der Waals surface area contributed by atoms with Crippen molar-refractivity contribution in [3.8, 4) is 0 Å². The zero-order chi connectivity index (χ0) is 29.6. The molecule has 1 saturated carbocycles. The number of anilines is 1. The molecular formula is C32H38FN3O4S. The summed E-state index contributed by atoms with van der Waals surface area (Å²) < 4.78 is 41.8. The third kappa shape index (κ3) is 7.94. The second-order valence-electron chi connectivity index (χ2n) is 10.8. The van der Waals surface area contributed by atoms with Gasteiger partial charge in [0.2, 0.25) is 21.8 Å². The molecular weight excluding hydrogens is 541 g/mol. The van der Waals surface area contributed by atoms with Gasteiger partial charge in [-0.25, -0.2) is 12.8 Å². The van der Waals surface area contributed by atoms with Gasteiger partial charge < -0.3 is 10.2 Å². The van der Waals surface area contributed by atoms with Crippen molar-refractivity contribution >= 4 is 27.5 Å². The van der Waals surface area contributed by atoms with Gasteiger partial charge in [-0.15, -0.1) is 0 Å². The SMILES string of the molecule is Cc1ccc(N(CC(=O)N(Cc2ccccc2F)[C@@H](Cc2ccccc2)C(=O)NC2CCCC2)S(C)(=O)=O)cc1C. The highest BCUT2D eigenvalue weighted by Crippen LogP contribution is 2.24. The molecule has 0 bridgehead atoms. The third-order valence-corrected chi connectivity index (χ3v) is 8.87. The van der Waals surface area contributed by atoms with Crippen molar-refractivity contribution in [1.82, 2.24) is 10.2 Å². The number of nitrogens with zero attached hydrogens (tertiary/aromatic N) is 2. The van der Waals surface area contributed by atoms with E-state index >= 15 is 0 Å². The summed E-state index contributed by atoms with van der Waals surface area (Å²) in [5, 5.41) is 3.11. The van der Waals surface area contributed by atoms with E-state index in [2.05, 4.69) is 5.32 Å². The van der Waals surface area contributed by atoms with Crippen molar-refractivity contribution < 1.29 is 22.4 Å². The molecule has 7 nitrogen and oxygen atoms in total. The molecule has 0 unspecified atom stereocenters. The molecule has 2 amide bonds. The Morgan fingerprint density at radius 2 is 1.61 bits per heavy atom. The first-order valence-electron chi connectivity index (χ1n) is 13.9. The van der Waals surface area contributed by atoms with Gasteiger partial charge in [0, 0.05) is 24.6 Å². The summed E-state index contributed by atoms with van der Waals surface area (Å²) in [7, 11) is -3.87. The molecule has 1 N–H and O–H groups in total. The molecule has 1 aliphatic rings. The zero-order valence-electron chi connectivity index (χ0n) is 23.8. The molecule has 41 heavy (non-hydrogen) atoms. The summed E-state index contributed by atoms with van der Waals surface area (Å²) in [5.41, 5.74) is 3.29. The summed E-state index contributed by atoms with van der Waals surface area (Å²) in [6, 6.07) is 19.6. The largest absolute Gasteiger partial charge is 0.352 e. The van der Waals surface area contributed by atoms with Crippen LogP contribution in [0.5, 0.6) is 0 Å². The lowest BCUT2D eigenvalue weighted by Gasteiger charge is -2.34. The first kappa shape index (κ1) is 30.2. The van der Waals surface area contributed by atoms with Crippen molar-refractivity contribution in [3.63, 3.8) is 0 Å². The number of hydrogen-bond donors (Lipinski definition) is 1. The lowest BCUT2D eigenvalue weighted by atomic mass is 10.0. The first-order valence-corrected chi connectivity index (χ1v) is 15.8. The molecule has 9 heteroatoms. The van der Waals surface area contributed by atoms with Gasteiger partial charge >= 0.3 is 0 Å². The van der Waals surface area contributed by atoms with Crippen LogP contribution >= 0.6 is 0 Å². The molecule has 0 saturated heterocycles. The number of nitrogens with one attached hydrogen (secondary N) is 1. The van der Waals surface area contributed by atoms with E-state index in [0.29, 0.717) is 5.69 Å². The van der Waals surface area contributed by atoms with Crippen molar-refractivity contribution in [2.24, 2.45) is 0 Å². The van der Waals surface area contributed by atoms with Crippen LogP contribution in [0.2, 0.25) is 0 Å². The highest BCUT2D eigenvalue weighted by atomic mass is 32.2. The minimum absolute atomic E-state index is 0.00855. The number of aryl methyl sites for hydroxylation is 2. The summed E-state index contributed by atoms with van der Waals surface area (Å²) in [6.07, 6.45) is 5.00. The van der Waals surface area contributed by atoms with Crippen molar-refractivity contribution in [2.75, 3.05) is 17.1 Å². The maximum Gasteiger partial charge on any atom is 0.244 e. The number of benzene rings is 3. The highest BCUT2D eigenvalue weighted by Gasteiger charge is 2.34. The van der Waals surface area contributed by atoms with Crippen LogP contribution in [0.15, 0.2) is 72.8 Å². The van der Waals surface area contributed by atoms with E-state index in [-0.39, 0.29) is 30.5 Å². The van der Waals surface area contributed by atoms with E-state index in [1.165, 1.54) is 11.0 Å². The fourth-order valence-corrected chi connectivity index (χ4v) is 6.07. The number of rotatable bonds is 11. The monoisotopic (exact) mass is 579 g/mol. The lowest BCUT2D eigenvalue weighted by molar-refractivity contribution is -0.140. The van der Waals surface area contributed by atoms with Gasteiger partial charge in [-0.3, -0.25) is 13.9 Å². The maximum absolute atomic E-state index is 14.9. The van der Waals surface area contributed by atoms with Gasteiger partial charge in [0.1, 0.15) is 18.4 Å². The lowest BCUT2D eigenvalue weighted by Crippen LogP contribution is -2.54. The molecule has 0 heterocycles. The summed E-state index contributed by atoms with van der Waals surface area (Å²) in [5.74, 6) is -1.43. The third-order valence-electron chi connectivity index (χ3n) is 7.73. The van der Waals surface area contributed by atoms with Crippen LogP contribution in [0.1, 0.15) is 47.9 Å². The highest BCUT2D eigenvalue weighted by molar-refractivity contribution is 7.92. The Labute approximate surface area is 242 Å². The fraction of sp³-hybridized carbons (Fsp3) is 0.375. The second-order valence-corrected chi connectivity index (χ2v) is 12.8. The minimum Gasteiger partial charge on any atom is -0.352 e. The van der Waals surface area contributed by atoms with Crippen LogP contribution in [0.25, 0.3) is 0 Å². The number of hydrogen-bond acceptors (Lipinski definition) is 4. The molecule has 0 radical (unpaired) electrons. The minimum atomic E-state index is -3.87. The van der Waals surface area contributed by atoms with Gasteiger partial charge in [-0.05, 0) is 61.6 Å². The fourth-order valence-electron chi connectivity index (χ4n) is 5.23. The van der Waals surface area contributed by atoms with Gasteiger partial charge in [0.05, 0.1) is 11.9 Å². The molecule has 3 aromatic rings. The van der Waals surface area contributed by atoms with Crippen molar-refractivity contribution in [2.45, 2.75) is 64.6 Å². The van der Waals surface area contributed by atoms with Crippen LogP contribution in [0, 0.1) is 19.7 Å². The van der Waals surface area contributed by atoms with E-state index in [9.17, 15) is 22.4 Å². The molecule has 4 rings (SSSR count). The topological polar surface area (TPSA) is 86.8 Å². The predicted octanol–water partition coefficient (Wildman–Crippen LogP) is 4.91. The maximum atomic E-state index is 14.9. The van der Waals surface area contributed by atoms with E-state index in [1.54, 1.807) is 36.4 Å². The van der Waals surface area contributed by atoms with Gasteiger partial charge in [-0.2, -0.15) is 0 Å². The summed E-state index contributed by atoms with van der Waals surface area (Å²) in [6.45, 7) is 3.07. The quantitative estimate of drug-likeness (QED) is 0.350. The molecule has 1 atom stereocenters. The standard InChI is InChI=1S/C32H38FN3O4S/c1-23-17-18-28(19-24(23)2)36(41(3,39)40)22-31(37)35(21-26-13-7-10-16-29(26)33)30(20-25-11-5-4-6-12-25)32(38)34-27-14-8-9-15-27/h4-7,10-13,16-19,27,30H,8-9,14-15,20-22H2,1-3H3,(H,34,38)/t30-/m0/s1.